The minimum absolute atomic E-state index is 0.00330. The number of thioether (sulfide) groups is 1. The highest BCUT2D eigenvalue weighted by Gasteiger charge is 2.34. The molecule has 6 nitrogen and oxygen atoms in total. The van der Waals surface area contributed by atoms with Crippen LogP contribution in [0.3, 0.4) is 0 Å². The van der Waals surface area contributed by atoms with Gasteiger partial charge in [-0.3, -0.25) is 14.4 Å². The summed E-state index contributed by atoms with van der Waals surface area (Å²) in [6.07, 6.45) is 1.34. The number of hydrogen-bond donors (Lipinski definition) is 2. The lowest BCUT2D eigenvalue weighted by Crippen LogP contribution is -2.46. The minimum Gasteiger partial charge on any atom is -0.345 e. The predicted octanol–water partition coefficient (Wildman–Crippen LogP) is 2.69. The van der Waals surface area contributed by atoms with Crippen molar-refractivity contribution in [2.24, 2.45) is 0 Å². The second kappa shape index (κ2) is 7.62. The first-order valence-corrected chi connectivity index (χ1v) is 10.4. The van der Waals surface area contributed by atoms with Crippen molar-refractivity contribution in [2.75, 3.05) is 16.8 Å². The van der Waals surface area contributed by atoms with Gasteiger partial charge in [-0.2, -0.15) is 11.8 Å². The molecule has 1 aromatic carbocycles. The van der Waals surface area contributed by atoms with Crippen molar-refractivity contribution in [1.82, 2.24) is 9.88 Å². The fraction of sp³-hybridized carbons (Fsp3) is 0.350. The molecule has 9 heteroatoms. The van der Waals surface area contributed by atoms with Crippen LogP contribution in [0.25, 0.3) is 0 Å². The Morgan fingerprint density at radius 1 is 1.17 bits per heavy atom. The largest absolute Gasteiger partial charge is 0.345 e. The molecule has 0 atom stereocenters. The van der Waals surface area contributed by atoms with Crippen LogP contribution in [0.5, 0.6) is 0 Å². The summed E-state index contributed by atoms with van der Waals surface area (Å²) in [5.41, 5.74) is 1.72. The molecule has 29 heavy (non-hydrogen) atoms. The number of benzene rings is 1. The van der Waals surface area contributed by atoms with Crippen LogP contribution in [0.4, 0.5) is 14.5 Å². The van der Waals surface area contributed by atoms with E-state index in [9.17, 15) is 23.2 Å². The number of aromatic nitrogens is 1. The van der Waals surface area contributed by atoms with Gasteiger partial charge in [0.15, 0.2) is 11.6 Å². The van der Waals surface area contributed by atoms with Crippen LogP contribution in [-0.2, 0) is 17.8 Å². The molecule has 0 bridgehead atoms. The average Bonchev–Trinajstić information content (AvgIpc) is 3.20. The Morgan fingerprint density at radius 3 is 2.59 bits per heavy atom. The average molecular weight is 419 g/mol. The van der Waals surface area contributed by atoms with Gasteiger partial charge in [0.05, 0.1) is 5.56 Å². The number of ketones is 1. The molecule has 1 saturated heterocycles. The number of nitrogens with zero attached hydrogens (tertiary/aromatic N) is 1. The van der Waals surface area contributed by atoms with Crippen molar-refractivity contribution in [3.05, 3.63) is 52.3 Å². The van der Waals surface area contributed by atoms with Crippen LogP contribution in [0.1, 0.15) is 38.5 Å². The molecule has 0 aliphatic carbocycles. The molecule has 2 amide bonds. The number of rotatable bonds is 5. The number of Topliss-reactive ketones (excluding diaryl/α,β-unsaturated/α-hetero) is 1. The van der Waals surface area contributed by atoms with E-state index in [1.54, 1.807) is 23.3 Å². The number of carbonyl (C=O) groups is 3. The predicted molar refractivity (Wildman–Crippen MR) is 105 cm³/mol. The van der Waals surface area contributed by atoms with Gasteiger partial charge >= 0.3 is 0 Å². The van der Waals surface area contributed by atoms with Crippen LogP contribution >= 0.6 is 11.8 Å². The Labute approximate surface area is 170 Å². The van der Waals surface area contributed by atoms with Crippen molar-refractivity contribution in [3.8, 4) is 0 Å². The molecule has 0 radical (unpaired) electrons. The maximum Gasteiger partial charge on any atom is 0.292 e. The van der Waals surface area contributed by atoms with Gasteiger partial charge in [0.1, 0.15) is 5.69 Å². The topological polar surface area (TPSA) is 80.2 Å². The summed E-state index contributed by atoms with van der Waals surface area (Å²) in [6.45, 7) is 2.18. The fourth-order valence-electron chi connectivity index (χ4n) is 3.76. The normalized spacial score (nSPS) is 15.6. The van der Waals surface area contributed by atoms with Gasteiger partial charge in [-0.15, -0.1) is 0 Å². The van der Waals surface area contributed by atoms with E-state index in [2.05, 4.69) is 10.6 Å². The number of amides is 2. The molecule has 1 fully saturated rings. The molecular formula is C20H19F2N3O3S. The third-order valence-corrected chi connectivity index (χ3v) is 6.49. The van der Waals surface area contributed by atoms with E-state index in [1.165, 1.54) is 6.07 Å². The summed E-state index contributed by atoms with van der Waals surface area (Å²) in [6, 6.07) is 3.09. The monoisotopic (exact) mass is 419 g/mol. The maximum absolute atomic E-state index is 13.4. The fourth-order valence-corrected chi connectivity index (χ4v) is 4.40. The molecule has 0 spiro atoms. The quantitative estimate of drug-likeness (QED) is 0.577. The van der Waals surface area contributed by atoms with Crippen molar-refractivity contribution >= 4 is 35.0 Å². The zero-order valence-corrected chi connectivity index (χ0v) is 16.5. The highest BCUT2D eigenvalue weighted by atomic mass is 32.2. The van der Waals surface area contributed by atoms with E-state index in [1.807, 2.05) is 0 Å². The molecule has 0 unspecified atom stereocenters. The third-order valence-electron chi connectivity index (χ3n) is 5.21. The zero-order chi connectivity index (χ0) is 20.7. The molecule has 2 aromatic rings. The van der Waals surface area contributed by atoms with Crippen molar-refractivity contribution < 1.29 is 23.2 Å². The molecule has 2 aliphatic rings. The first kappa shape index (κ1) is 19.6. The van der Waals surface area contributed by atoms with Gasteiger partial charge < -0.3 is 15.2 Å². The first-order valence-electron chi connectivity index (χ1n) is 9.28. The van der Waals surface area contributed by atoms with Crippen LogP contribution in [0.15, 0.2) is 18.2 Å². The number of hydrogen-bond acceptors (Lipinski definition) is 4. The summed E-state index contributed by atoms with van der Waals surface area (Å²) in [5, 5.41) is 5.27. The minimum atomic E-state index is -1.07. The lowest BCUT2D eigenvalue weighted by atomic mass is 10.0. The van der Waals surface area contributed by atoms with Gasteiger partial charge in [0.25, 0.3) is 17.6 Å². The Balaban J connectivity index is 1.63. The molecular weight excluding hydrogens is 400 g/mol. The zero-order valence-electron chi connectivity index (χ0n) is 15.7. The van der Waals surface area contributed by atoms with E-state index in [4.69, 9.17) is 0 Å². The van der Waals surface area contributed by atoms with Crippen molar-refractivity contribution in [1.29, 1.82) is 0 Å². The smallest absolute Gasteiger partial charge is 0.292 e. The molecule has 1 aromatic heterocycles. The van der Waals surface area contributed by atoms with Gasteiger partial charge in [-0.05, 0) is 37.5 Å². The summed E-state index contributed by atoms with van der Waals surface area (Å²) < 4.78 is 28.3. The Bertz CT molecular complexity index is 1030. The summed E-state index contributed by atoms with van der Waals surface area (Å²) in [7, 11) is 0. The van der Waals surface area contributed by atoms with Gasteiger partial charge in [-0.1, -0.05) is 0 Å². The van der Waals surface area contributed by atoms with Crippen molar-refractivity contribution in [2.45, 2.75) is 32.4 Å². The summed E-state index contributed by atoms with van der Waals surface area (Å²) in [4.78, 5) is 38.1. The Morgan fingerprint density at radius 2 is 1.93 bits per heavy atom. The molecule has 2 N–H and O–H groups in total. The lowest BCUT2D eigenvalue weighted by molar-refractivity contribution is -0.117. The van der Waals surface area contributed by atoms with Crippen LogP contribution in [0, 0.1) is 18.6 Å². The number of halogens is 2. The second-order valence-corrected chi connectivity index (χ2v) is 8.25. The summed E-state index contributed by atoms with van der Waals surface area (Å²) >= 11 is 1.70. The molecule has 2 aliphatic heterocycles. The number of anilines is 1. The highest BCUT2D eigenvalue weighted by Crippen LogP contribution is 2.30. The molecule has 152 valence electrons. The van der Waals surface area contributed by atoms with Gasteiger partial charge in [-0.25, -0.2) is 8.78 Å². The highest BCUT2D eigenvalue weighted by molar-refractivity contribution is 8.00. The standard InChI is InChI=1S/C20H19F2N3O3S/c1-10-16(18(26)20(28)24-12-8-29-9-12)15-3-2-6-25(15)17(10)19(27)23-11-4-5-13(21)14(22)7-11/h4-5,7,12H,2-3,6,8-9H2,1H3,(H,23,27)(H,24,28). The first-order chi connectivity index (χ1) is 13.9. The molecule has 3 heterocycles. The van der Waals surface area contributed by atoms with E-state index in [0.29, 0.717) is 24.2 Å². The number of nitrogens with one attached hydrogen (secondary N) is 2. The maximum atomic E-state index is 13.4. The number of carbonyl (C=O) groups excluding carboxylic acids is 3. The van der Waals surface area contributed by atoms with E-state index >= 15 is 0 Å². The van der Waals surface area contributed by atoms with Gasteiger partial charge in [0, 0.05) is 41.5 Å². The Kier molecular flexibility index (Phi) is 5.16. The van der Waals surface area contributed by atoms with E-state index in [-0.39, 0.29) is 23.0 Å². The van der Waals surface area contributed by atoms with Crippen LogP contribution in [-0.4, -0.2) is 39.7 Å². The summed E-state index contributed by atoms with van der Waals surface area (Å²) in [5.74, 6) is -2.34. The molecule has 4 rings (SSSR count). The van der Waals surface area contributed by atoms with Gasteiger partial charge in [0.2, 0.25) is 0 Å². The Hall–Kier alpha value is -2.68. The number of fused-ring (bicyclic) bond motifs is 1. The SMILES string of the molecule is Cc1c(C(=O)C(=O)NC2CSC2)c2n(c1C(=O)Nc1ccc(F)c(F)c1)CCC2. The van der Waals surface area contributed by atoms with E-state index in [0.717, 1.165) is 30.1 Å². The third kappa shape index (κ3) is 3.55. The van der Waals surface area contributed by atoms with Crippen LogP contribution < -0.4 is 10.6 Å². The van der Waals surface area contributed by atoms with E-state index < -0.39 is 29.2 Å². The second-order valence-electron chi connectivity index (χ2n) is 7.17. The van der Waals surface area contributed by atoms with Crippen molar-refractivity contribution in [3.63, 3.8) is 0 Å². The molecule has 0 saturated carbocycles. The lowest BCUT2D eigenvalue weighted by Gasteiger charge is -2.25. The van der Waals surface area contributed by atoms with Crippen LogP contribution in [0.2, 0.25) is 0 Å².